The summed E-state index contributed by atoms with van der Waals surface area (Å²) in [5.74, 6) is -0.168. The molecule has 1 heterocycles. The van der Waals surface area contributed by atoms with E-state index in [1.54, 1.807) is 5.51 Å². The van der Waals surface area contributed by atoms with Gasteiger partial charge in [0.2, 0.25) is 0 Å². The first-order valence-electron chi connectivity index (χ1n) is 4.03. The number of benzene rings is 1. The van der Waals surface area contributed by atoms with Gasteiger partial charge >= 0.3 is 0 Å². The number of rotatable bonds is 2. The molecule has 0 spiro atoms. The van der Waals surface area contributed by atoms with Gasteiger partial charge < -0.3 is 5.11 Å². The molecule has 0 fully saturated rings. The minimum absolute atomic E-state index is 0.124. The Kier molecular flexibility index (Phi) is 3.33. The van der Waals surface area contributed by atoms with E-state index in [1.807, 2.05) is 0 Å². The zero-order valence-corrected chi connectivity index (χ0v) is 9.96. The van der Waals surface area contributed by atoms with Gasteiger partial charge in [0.25, 0.3) is 5.13 Å². The minimum atomic E-state index is -0.168. The third-order valence-corrected chi connectivity index (χ3v) is 2.75. The molecule has 0 aliphatic carbocycles. The van der Waals surface area contributed by atoms with Crippen LogP contribution in [0.5, 0.6) is 5.75 Å². The van der Waals surface area contributed by atoms with Crippen molar-refractivity contribution in [3.8, 4) is 5.75 Å². The Morgan fingerprint density at radius 3 is 2.44 bits per heavy atom. The van der Waals surface area contributed by atoms with Gasteiger partial charge in [-0.25, -0.2) is 0 Å². The van der Waals surface area contributed by atoms with Crippen LogP contribution in [0.4, 0.5) is 10.8 Å². The summed E-state index contributed by atoms with van der Waals surface area (Å²) in [4.78, 5) is 0. The number of hydrogen-bond acceptors (Lipinski definition) is 6. The second-order valence-corrected chi connectivity index (χ2v) is 4.31. The molecule has 1 aromatic carbocycles. The molecule has 0 atom stereocenters. The summed E-state index contributed by atoms with van der Waals surface area (Å²) in [6, 6.07) is 2.90. The lowest BCUT2D eigenvalue weighted by molar-refractivity contribution is 0.476. The van der Waals surface area contributed by atoms with Crippen LogP contribution in [0.3, 0.4) is 0 Å². The number of hydrogen-bond donors (Lipinski definition) is 1. The number of nitrogens with zero attached hydrogens (tertiary/aromatic N) is 4. The fourth-order valence-electron chi connectivity index (χ4n) is 0.921. The molecule has 8 heteroatoms. The molecule has 0 radical (unpaired) electrons. The highest BCUT2D eigenvalue weighted by atomic mass is 35.5. The Balaban J connectivity index is 2.29. The monoisotopic (exact) mass is 274 g/mol. The van der Waals surface area contributed by atoms with Crippen LogP contribution >= 0.6 is 34.5 Å². The molecule has 0 saturated heterocycles. The van der Waals surface area contributed by atoms with E-state index in [2.05, 4.69) is 20.4 Å². The quantitative estimate of drug-likeness (QED) is 0.843. The van der Waals surface area contributed by atoms with Crippen LogP contribution < -0.4 is 0 Å². The van der Waals surface area contributed by atoms with Gasteiger partial charge in [-0.05, 0) is 12.1 Å². The summed E-state index contributed by atoms with van der Waals surface area (Å²) in [5, 5.41) is 25.0. The predicted molar refractivity (Wildman–Crippen MR) is 62.2 cm³/mol. The maximum absolute atomic E-state index is 9.33. The van der Waals surface area contributed by atoms with Gasteiger partial charge in [0.1, 0.15) is 5.51 Å². The Labute approximate surface area is 104 Å². The van der Waals surface area contributed by atoms with Crippen LogP contribution in [0, 0.1) is 0 Å². The fourth-order valence-corrected chi connectivity index (χ4v) is 1.77. The molecule has 0 aliphatic rings. The minimum Gasteiger partial charge on any atom is -0.505 e. The summed E-state index contributed by atoms with van der Waals surface area (Å²) in [5.41, 5.74) is 1.98. The second kappa shape index (κ2) is 4.73. The lowest BCUT2D eigenvalue weighted by Gasteiger charge is -1.99. The largest absolute Gasteiger partial charge is 0.505 e. The number of aromatic nitrogens is 2. The van der Waals surface area contributed by atoms with Crippen molar-refractivity contribution in [1.82, 2.24) is 10.2 Å². The molecule has 0 saturated carbocycles. The molecule has 2 aromatic rings. The van der Waals surface area contributed by atoms with E-state index in [0.29, 0.717) is 10.8 Å². The smallest absolute Gasteiger partial charge is 0.251 e. The lowest BCUT2D eigenvalue weighted by atomic mass is 10.3. The average Bonchev–Trinajstić information content (AvgIpc) is 2.75. The average molecular weight is 275 g/mol. The maximum Gasteiger partial charge on any atom is 0.251 e. The molecule has 1 N–H and O–H groups in total. The first kappa shape index (κ1) is 11.3. The van der Waals surface area contributed by atoms with Gasteiger partial charge in [-0.1, -0.05) is 34.5 Å². The highest BCUT2D eigenvalue weighted by molar-refractivity contribution is 7.13. The van der Waals surface area contributed by atoms with E-state index in [1.165, 1.54) is 23.5 Å². The Morgan fingerprint density at radius 2 is 1.88 bits per heavy atom. The number of halogens is 2. The van der Waals surface area contributed by atoms with Crippen molar-refractivity contribution >= 4 is 45.4 Å². The number of aromatic hydroxyl groups is 1. The highest BCUT2D eigenvalue weighted by Gasteiger charge is 2.06. The van der Waals surface area contributed by atoms with E-state index in [-0.39, 0.29) is 15.8 Å². The van der Waals surface area contributed by atoms with Crippen molar-refractivity contribution in [2.45, 2.75) is 0 Å². The molecule has 2 rings (SSSR count). The number of phenols is 1. The normalized spacial score (nSPS) is 11.1. The van der Waals surface area contributed by atoms with Crippen molar-refractivity contribution in [2.24, 2.45) is 10.2 Å². The van der Waals surface area contributed by atoms with E-state index < -0.39 is 0 Å². The highest BCUT2D eigenvalue weighted by Crippen LogP contribution is 2.36. The molecule has 0 bridgehead atoms. The van der Waals surface area contributed by atoms with Crippen molar-refractivity contribution in [3.05, 3.63) is 27.7 Å². The van der Waals surface area contributed by atoms with E-state index in [9.17, 15) is 5.11 Å². The predicted octanol–water partition coefficient (Wildman–Crippen LogP) is 3.97. The molecule has 82 valence electrons. The van der Waals surface area contributed by atoms with Crippen LogP contribution in [-0.2, 0) is 0 Å². The first-order valence-corrected chi connectivity index (χ1v) is 5.66. The first-order chi connectivity index (χ1) is 7.66. The van der Waals surface area contributed by atoms with Crippen LogP contribution in [-0.4, -0.2) is 15.3 Å². The van der Waals surface area contributed by atoms with Crippen molar-refractivity contribution in [1.29, 1.82) is 0 Å². The zero-order chi connectivity index (χ0) is 11.5. The Bertz CT molecular complexity index is 506. The van der Waals surface area contributed by atoms with Gasteiger partial charge in [0, 0.05) is 0 Å². The Hall–Kier alpha value is -1.24. The fraction of sp³-hybridized carbons (Fsp3) is 0. The number of phenolic OH excluding ortho intramolecular Hbond substituents is 1. The maximum atomic E-state index is 9.33. The van der Waals surface area contributed by atoms with Crippen LogP contribution in [0.1, 0.15) is 0 Å². The molecule has 0 amide bonds. The summed E-state index contributed by atoms with van der Waals surface area (Å²) in [6.45, 7) is 0. The molecule has 1 aromatic heterocycles. The SMILES string of the molecule is Oc1c(Cl)cc(N=Nc2nncs2)cc1Cl. The van der Waals surface area contributed by atoms with Crippen molar-refractivity contribution < 1.29 is 5.11 Å². The standard InChI is InChI=1S/C8H4Cl2N4OS/c9-5-1-4(2-6(10)7(5)15)12-14-8-13-11-3-16-8/h1-3,15H. The van der Waals surface area contributed by atoms with Gasteiger partial charge in [-0.15, -0.1) is 20.4 Å². The Morgan fingerprint density at radius 1 is 1.19 bits per heavy atom. The van der Waals surface area contributed by atoms with E-state index in [4.69, 9.17) is 23.2 Å². The third-order valence-electron chi connectivity index (χ3n) is 1.60. The lowest BCUT2D eigenvalue weighted by Crippen LogP contribution is -1.71. The molecule has 0 unspecified atom stereocenters. The van der Waals surface area contributed by atoms with Crippen LogP contribution in [0.2, 0.25) is 10.0 Å². The van der Waals surface area contributed by atoms with E-state index in [0.717, 1.165) is 0 Å². The van der Waals surface area contributed by atoms with Gasteiger partial charge in [-0.3, -0.25) is 0 Å². The summed E-state index contributed by atoms with van der Waals surface area (Å²) < 4.78 is 0. The summed E-state index contributed by atoms with van der Waals surface area (Å²) in [6.07, 6.45) is 0. The second-order valence-electron chi connectivity index (χ2n) is 2.68. The zero-order valence-electron chi connectivity index (χ0n) is 7.63. The topological polar surface area (TPSA) is 70.7 Å². The van der Waals surface area contributed by atoms with Crippen LogP contribution in [0.15, 0.2) is 27.9 Å². The molecular weight excluding hydrogens is 271 g/mol. The molecule has 5 nitrogen and oxygen atoms in total. The molecule has 16 heavy (non-hydrogen) atoms. The molecule has 0 aliphatic heterocycles. The number of azo groups is 1. The van der Waals surface area contributed by atoms with Gasteiger partial charge in [-0.2, -0.15) is 0 Å². The van der Waals surface area contributed by atoms with Gasteiger partial charge in [0.05, 0.1) is 15.7 Å². The summed E-state index contributed by atoms with van der Waals surface area (Å²) >= 11 is 12.7. The van der Waals surface area contributed by atoms with Crippen molar-refractivity contribution in [2.75, 3.05) is 0 Å². The van der Waals surface area contributed by atoms with Gasteiger partial charge in [0.15, 0.2) is 5.75 Å². The summed E-state index contributed by atoms with van der Waals surface area (Å²) in [7, 11) is 0. The third kappa shape index (κ3) is 2.46. The van der Waals surface area contributed by atoms with E-state index >= 15 is 0 Å². The van der Waals surface area contributed by atoms with Crippen LogP contribution in [0.25, 0.3) is 0 Å². The van der Waals surface area contributed by atoms with Crippen molar-refractivity contribution in [3.63, 3.8) is 0 Å². The molecular formula is C8H4Cl2N4OS.